The molecule has 0 N–H and O–H groups in total. The summed E-state index contributed by atoms with van der Waals surface area (Å²) < 4.78 is 12.4. The van der Waals surface area contributed by atoms with Gasteiger partial charge in [0.05, 0.1) is 0 Å². The summed E-state index contributed by atoms with van der Waals surface area (Å²) in [6.07, 6.45) is 3.94. The van der Waals surface area contributed by atoms with Gasteiger partial charge in [-0.15, -0.1) is 0 Å². The summed E-state index contributed by atoms with van der Waals surface area (Å²) in [7, 11) is 0. The summed E-state index contributed by atoms with van der Waals surface area (Å²) in [6.45, 7) is 6.51. The van der Waals surface area contributed by atoms with Gasteiger partial charge in [0.1, 0.15) is 5.76 Å². The molecule has 1 spiro atoms. The molecule has 4 nitrogen and oxygen atoms in total. The van der Waals surface area contributed by atoms with Crippen molar-refractivity contribution in [3.8, 4) is 0 Å². The lowest BCUT2D eigenvalue weighted by molar-refractivity contribution is -0.562. The highest BCUT2D eigenvalue weighted by atomic mass is 79.9. The zero-order chi connectivity index (χ0) is 14.8. The van der Waals surface area contributed by atoms with Gasteiger partial charge in [0.15, 0.2) is 5.60 Å². The highest BCUT2D eigenvalue weighted by Gasteiger charge is 2.69. The smallest absolute Gasteiger partial charge is 0.235 e. The zero-order valence-electron chi connectivity index (χ0n) is 12.8. The molecule has 4 saturated heterocycles. The average Bonchev–Trinajstić information content (AvgIpc) is 2.69. The van der Waals surface area contributed by atoms with E-state index < -0.39 is 11.4 Å². The number of hydrogen-bond donors (Lipinski definition) is 0. The molecule has 2 bridgehead atoms. The van der Waals surface area contributed by atoms with Crippen LogP contribution in [0, 0.1) is 23.7 Å². The van der Waals surface area contributed by atoms with Gasteiger partial charge >= 0.3 is 0 Å². The third kappa shape index (κ3) is 1.84. The van der Waals surface area contributed by atoms with Gasteiger partial charge in [0, 0.05) is 29.2 Å². The number of allylic oxidation sites excluding steroid dienone is 1. The molecule has 4 heterocycles. The summed E-state index contributed by atoms with van der Waals surface area (Å²) in [4.78, 5) is 13.7. The molecule has 7 atom stereocenters. The van der Waals surface area contributed by atoms with Crippen LogP contribution in [0.4, 0.5) is 0 Å². The Bertz CT molecular complexity index is 481. The van der Waals surface area contributed by atoms with Crippen LogP contribution in [0.25, 0.3) is 0 Å². The Morgan fingerprint density at radius 3 is 2.71 bits per heavy atom. The van der Waals surface area contributed by atoms with Crippen molar-refractivity contribution in [2.75, 3.05) is 0 Å². The maximum absolute atomic E-state index is 6.23. The van der Waals surface area contributed by atoms with E-state index in [2.05, 4.69) is 29.8 Å². The molecule has 5 rings (SSSR count). The predicted molar refractivity (Wildman–Crippen MR) is 80.1 cm³/mol. The number of ether oxygens (including phenoxy) is 2. The van der Waals surface area contributed by atoms with E-state index in [-0.39, 0.29) is 6.29 Å². The first kappa shape index (κ1) is 14.5. The van der Waals surface area contributed by atoms with Crippen molar-refractivity contribution in [3.63, 3.8) is 0 Å². The molecule has 1 unspecified atom stereocenters. The van der Waals surface area contributed by atoms with E-state index in [4.69, 9.17) is 19.2 Å². The van der Waals surface area contributed by atoms with E-state index in [1.165, 1.54) is 6.42 Å². The molecule has 0 radical (unpaired) electrons. The molecule has 118 valence electrons. The number of fused-ring (bicyclic) bond motifs is 2. The number of rotatable bonds is 0. The molecule has 0 aromatic heterocycles. The van der Waals surface area contributed by atoms with E-state index in [1.807, 2.05) is 11.9 Å². The molecule has 5 heteroatoms. The minimum atomic E-state index is -0.685. The summed E-state index contributed by atoms with van der Waals surface area (Å²) >= 11 is 3.44. The first-order valence-corrected chi connectivity index (χ1v) is 8.93. The summed E-state index contributed by atoms with van der Waals surface area (Å²) in [5, 5.41) is 0. The Hall–Kier alpha value is -0.100. The minimum absolute atomic E-state index is 0.310. The topological polar surface area (TPSA) is 36.9 Å². The second-order valence-corrected chi connectivity index (χ2v) is 7.79. The first-order chi connectivity index (χ1) is 10.00. The third-order valence-corrected chi connectivity index (χ3v) is 6.63. The van der Waals surface area contributed by atoms with E-state index in [9.17, 15) is 0 Å². The van der Waals surface area contributed by atoms with Gasteiger partial charge in [0.2, 0.25) is 12.1 Å². The van der Waals surface area contributed by atoms with E-state index in [0.29, 0.717) is 23.7 Å². The van der Waals surface area contributed by atoms with Gasteiger partial charge in [-0.25, -0.2) is 9.78 Å². The summed E-state index contributed by atoms with van der Waals surface area (Å²) in [5.41, 5.74) is -0.452. The fourth-order valence-electron chi connectivity index (χ4n) is 4.94. The quantitative estimate of drug-likeness (QED) is 0.610. The molecule has 4 aliphatic heterocycles. The number of halogens is 1. The van der Waals surface area contributed by atoms with Crippen LogP contribution in [-0.2, 0) is 19.2 Å². The summed E-state index contributed by atoms with van der Waals surface area (Å²) in [6, 6.07) is 0. The van der Waals surface area contributed by atoms with E-state index >= 15 is 0 Å². The van der Waals surface area contributed by atoms with Gasteiger partial charge in [-0.2, -0.15) is 0 Å². The fourth-order valence-corrected chi connectivity index (χ4v) is 5.46. The van der Waals surface area contributed by atoms with Crippen LogP contribution in [0.15, 0.2) is 10.7 Å². The van der Waals surface area contributed by atoms with Crippen LogP contribution in [0.2, 0.25) is 0 Å². The van der Waals surface area contributed by atoms with Gasteiger partial charge in [0.25, 0.3) is 0 Å². The number of hydrogen-bond acceptors (Lipinski definition) is 4. The highest BCUT2D eigenvalue weighted by molar-refractivity contribution is 9.11. The lowest BCUT2D eigenvalue weighted by atomic mass is 9.58. The van der Waals surface area contributed by atoms with Gasteiger partial charge in [-0.3, -0.25) is 0 Å². The second-order valence-electron chi connectivity index (χ2n) is 7.33. The molecule has 1 aliphatic carbocycles. The molecule has 0 aromatic carbocycles. The molecular weight excluding hydrogens is 336 g/mol. The van der Waals surface area contributed by atoms with Crippen LogP contribution in [0.1, 0.15) is 46.5 Å². The maximum Gasteiger partial charge on any atom is 0.235 e. The van der Waals surface area contributed by atoms with Crippen LogP contribution < -0.4 is 0 Å². The summed E-state index contributed by atoms with van der Waals surface area (Å²) in [5.74, 6) is 2.01. The lowest BCUT2D eigenvalue weighted by Crippen LogP contribution is -2.68. The Labute approximate surface area is 134 Å². The fraction of sp³-hybridized carbons (Fsp3) is 0.875. The van der Waals surface area contributed by atoms with Crippen molar-refractivity contribution in [1.82, 2.24) is 0 Å². The maximum atomic E-state index is 6.23. The van der Waals surface area contributed by atoms with Crippen molar-refractivity contribution >= 4 is 15.9 Å². The molecule has 1 saturated carbocycles. The largest absolute Gasteiger partial charge is 0.465 e. The SMILES string of the molecule is C[C@@H]1CC[C@H]2[C@@H](C)/C(=C/Br)O[C@@H]3OC4(C)CC[C@@H]1[C@]32OO4. The third-order valence-electron chi connectivity index (χ3n) is 6.18. The van der Waals surface area contributed by atoms with E-state index in [1.54, 1.807) is 0 Å². The van der Waals surface area contributed by atoms with Crippen LogP contribution in [0.5, 0.6) is 0 Å². The monoisotopic (exact) mass is 358 g/mol. The molecule has 0 amide bonds. The standard InChI is InChI=1S/C16H23BrO4/c1-9-4-5-12-10(2)13(8-17)18-14-16(12)11(9)6-7-15(3,19-14)20-21-16/h8-12,14H,4-7H2,1-3H3/b13-8-/t9-,10-,11+,12+,14-,15?,16-/m1/s1. The van der Waals surface area contributed by atoms with E-state index in [0.717, 1.165) is 25.0 Å². The van der Waals surface area contributed by atoms with Gasteiger partial charge in [-0.05, 0) is 32.1 Å². The molecular formula is C16H23BrO4. The minimum Gasteiger partial charge on any atom is -0.465 e. The molecule has 21 heavy (non-hydrogen) atoms. The lowest BCUT2D eigenvalue weighted by Gasteiger charge is -2.59. The first-order valence-electron chi connectivity index (χ1n) is 8.02. The van der Waals surface area contributed by atoms with Gasteiger partial charge < -0.3 is 9.47 Å². The normalized spacial score (nSPS) is 57.5. The van der Waals surface area contributed by atoms with Crippen LogP contribution >= 0.6 is 15.9 Å². The zero-order valence-corrected chi connectivity index (χ0v) is 14.4. The van der Waals surface area contributed by atoms with Crippen molar-refractivity contribution in [2.24, 2.45) is 23.7 Å². The molecule has 0 aromatic rings. The van der Waals surface area contributed by atoms with Crippen LogP contribution in [0.3, 0.4) is 0 Å². The molecule has 5 fully saturated rings. The van der Waals surface area contributed by atoms with Crippen molar-refractivity contribution < 1.29 is 19.2 Å². The Kier molecular flexibility index (Phi) is 3.24. The molecule has 5 aliphatic rings. The Morgan fingerprint density at radius 1 is 1.14 bits per heavy atom. The van der Waals surface area contributed by atoms with Crippen molar-refractivity contribution in [2.45, 2.75) is 64.1 Å². The van der Waals surface area contributed by atoms with Crippen molar-refractivity contribution in [1.29, 1.82) is 0 Å². The Morgan fingerprint density at radius 2 is 1.95 bits per heavy atom. The van der Waals surface area contributed by atoms with Crippen LogP contribution in [-0.4, -0.2) is 17.7 Å². The van der Waals surface area contributed by atoms with Crippen molar-refractivity contribution in [3.05, 3.63) is 10.7 Å². The predicted octanol–water partition coefficient (Wildman–Crippen LogP) is 4.10. The van der Waals surface area contributed by atoms with Gasteiger partial charge in [-0.1, -0.05) is 29.8 Å². The second kappa shape index (κ2) is 4.70. The average molecular weight is 359 g/mol. The highest BCUT2D eigenvalue weighted by Crippen LogP contribution is 2.61. The Balaban J connectivity index is 1.83.